The first-order valence-electron chi connectivity index (χ1n) is 5.71. The van der Waals surface area contributed by atoms with Gasteiger partial charge in [-0.25, -0.2) is 4.39 Å². The maximum Gasteiger partial charge on any atom is 0.123 e. The minimum absolute atomic E-state index is 0.268. The Morgan fingerprint density at radius 1 is 1.41 bits per heavy atom. The largest absolute Gasteiger partial charge is 0.259 e. The average Bonchev–Trinajstić information content (AvgIpc) is 2.29. The van der Waals surface area contributed by atoms with Gasteiger partial charge in [0.2, 0.25) is 0 Å². The van der Waals surface area contributed by atoms with Crippen LogP contribution in [-0.4, -0.2) is 9.96 Å². The quantitative estimate of drug-likeness (QED) is 0.731. The minimum Gasteiger partial charge on any atom is -0.259 e. The highest BCUT2D eigenvalue weighted by atomic mass is 32.2. The molecule has 1 rings (SSSR count). The van der Waals surface area contributed by atoms with Crippen LogP contribution in [0.3, 0.4) is 0 Å². The van der Waals surface area contributed by atoms with E-state index in [9.17, 15) is 8.60 Å². The van der Waals surface area contributed by atoms with Crippen LogP contribution in [0.1, 0.15) is 37.3 Å². The lowest BCUT2D eigenvalue weighted by molar-refractivity contribution is 0.626. The molecule has 1 unspecified atom stereocenters. The summed E-state index contributed by atoms with van der Waals surface area (Å²) in [6.45, 7) is 2.09. The van der Waals surface area contributed by atoms with Crippen molar-refractivity contribution in [2.45, 2.75) is 31.9 Å². The van der Waals surface area contributed by atoms with Crippen molar-refractivity contribution in [3.8, 4) is 6.07 Å². The molecule has 1 aromatic rings. The van der Waals surface area contributed by atoms with Gasteiger partial charge in [0.25, 0.3) is 0 Å². The van der Waals surface area contributed by atoms with E-state index < -0.39 is 10.8 Å². The Kier molecular flexibility index (Phi) is 5.85. The summed E-state index contributed by atoms with van der Waals surface area (Å²) in [5.74, 6) is 0.504. The predicted octanol–water partition coefficient (Wildman–Crippen LogP) is 3.14. The van der Waals surface area contributed by atoms with E-state index in [0.717, 1.165) is 19.3 Å². The molecule has 0 N–H and O–H groups in total. The van der Waals surface area contributed by atoms with E-state index in [2.05, 4.69) is 6.92 Å². The zero-order chi connectivity index (χ0) is 12.7. The smallest absolute Gasteiger partial charge is 0.123 e. The van der Waals surface area contributed by atoms with Crippen LogP contribution < -0.4 is 0 Å². The summed E-state index contributed by atoms with van der Waals surface area (Å²) in [5.41, 5.74) is 0.956. The van der Waals surface area contributed by atoms with E-state index in [1.807, 2.05) is 6.07 Å². The molecule has 0 spiro atoms. The first-order valence-corrected chi connectivity index (χ1v) is 7.19. The van der Waals surface area contributed by atoms with Crippen LogP contribution in [0.2, 0.25) is 0 Å². The third-order valence-corrected chi connectivity index (χ3v) is 3.86. The molecule has 0 aliphatic rings. The zero-order valence-corrected chi connectivity index (χ0v) is 10.7. The van der Waals surface area contributed by atoms with Gasteiger partial charge in [-0.05, 0) is 30.2 Å². The summed E-state index contributed by atoms with van der Waals surface area (Å²) in [6.07, 6.45) is 3.06. The SMILES string of the molecule is CCCCCS(=O)Cc1cc(F)ccc1C#N. The molecule has 92 valence electrons. The second-order valence-corrected chi connectivity index (χ2v) is 5.49. The van der Waals surface area contributed by atoms with Crippen molar-refractivity contribution in [2.75, 3.05) is 5.75 Å². The lowest BCUT2D eigenvalue weighted by Gasteiger charge is -2.04. The van der Waals surface area contributed by atoms with Crippen LogP contribution in [0.25, 0.3) is 0 Å². The molecule has 0 aliphatic carbocycles. The molecule has 2 nitrogen and oxygen atoms in total. The molecule has 0 saturated carbocycles. The monoisotopic (exact) mass is 253 g/mol. The number of hydrogen-bond acceptors (Lipinski definition) is 2. The molecule has 0 amide bonds. The van der Waals surface area contributed by atoms with Gasteiger partial charge in [-0.1, -0.05) is 19.8 Å². The van der Waals surface area contributed by atoms with Gasteiger partial charge in [-0.15, -0.1) is 0 Å². The van der Waals surface area contributed by atoms with Crippen LogP contribution in [0.4, 0.5) is 4.39 Å². The molecule has 1 atom stereocenters. The van der Waals surface area contributed by atoms with Crippen molar-refractivity contribution >= 4 is 10.8 Å². The van der Waals surface area contributed by atoms with Crippen LogP contribution in [0, 0.1) is 17.1 Å². The van der Waals surface area contributed by atoms with E-state index in [-0.39, 0.29) is 11.6 Å². The molecule has 0 aliphatic heterocycles. The standard InChI is InChI=1S/C13H16FNOS/c1-2-3-4-7-17(16)10-12-8-13(14)6-5-11(12)9-15/h5-6,8H,2-4,7,10H2,1H3. The maximum atomic E-state index is 13.0. The van der Waals surface area contributed by atoms with E-state index in [4.69, 9.17) is 5.26 Å². The summed E-state index contributed by atoms with van der Waals surface area (Å²) in [5, 5.41) is 8.86. The van der Waals surface area contributed by atoms with Gasteiger partial charge in [-0.2, -0.15) is 5.26 Å². The molecule has 0 bridgehead atoms. The lowest BCUT2D eigenvalue weighted by Crippen LogP contribution is -2.03. The van der Waals surface area contributed by atoms with E-state index in [1.165, 1.54) is 18.2 Å². The molecule has 4 heteroatoms. The fourth-order valence-electron chi connectivity index (χ4n) is 1.55. The summed E-state index contributed by atoms with van der Waals surface area (Å²) < 4.78 is 24.8. The van der Waals surface area contributed by atoms with Crippen molar-refractivity contribution in [3.63, 3.8) is 0 Å². The number of halogens is 1. The number of rotatable bonds is 6. The van der Waals surface area contributed by atoms with Gasteiger partial charge >= 0.3 is 0 Å². The number of hydrogen-bond donors (Lipinski definition) is 0. The predicted molar refractivity (Wildman–Crippen MR) is 67.4 cm³/mol. The van der Waals surface area contributed by atoms with Crippen LogP contribution in [-0.2, 0) is 16.6 Å². The Morgan fingerprint density at radius 2 is 2.18 bits per heavy atom. The molecular weight excluding hydrogens is 237 g/mol. The second-order valence-electron chi connectivity index (χ2n) is 3.91. The third kappa shape index (κ3) is 4.66. The minimum atomic E-state index is -1.01. The molecule has 17 heavy (non-hydrogen) atoms. The molecule has 0 fully saturated rings. The van der Waals surface area contributed by atoms with Crippen LogP contribution >= 0.6 is 0 Å². The number of nitrogens with zero attached hydrogens (tertiary/aromatic N) is 1. The third-order valence-electron chi connectivity index (χ3n) is 2.48. The average molecular weight is 253 g/mol. The van der Waals surface area contributed by atoms with Crippen LogP contribution in [0.15, 0.2) is 18.2 Å². The number of nitriles is 1. The number of benzene rings is 1. The fourth-order valence-corrected chi connectivity index (χ4v) is 2.81. The molecule has 0 heterocycles. The topological polar surface area (TPSA) is 40.9 Å². The highest BCUT2D eigenvalue weighted by Gasteiger charge is 2.08. The maximum absolute atomic E-state index is 13.0. The van der Waals surface area contributed by atoms with Crippen molar-refractivity contribution in [1.82, 2.24) is 0 Å². The van der Waals surface area contributed by atoms with Crippen molar-refractivity contribution in [1.29, 1.82) is 5.26 Å². The Bertz CT molecular complexity index is 440. The van der Waals surface area contributed by atoms with Gasteiger partial charge in [0.05, 0.1) is 11.6 Å². The fraction of sp³-hybridized carbons (Fsp3) is 0.462. The highest BCUT2D eigenvalue weighted by Crippen LogP contribution is 2.13. The highest BCUT2D eigenvalue weighted by molar-refractivity contribution is 7.84. The summed E-state index contributed by atoms with van der Waals surface area (Å²) in [4.78, 5) is 0. The molecule has 0 aromatic heterocycles. The summed E-state index contributed by atoms with van der Waals surface area (Å²) in [7, 11) is -1.01. The first-order chi connectivity index (χ1) is 8.17. The normalized spacial score (nSPS) is 12.1. The van der Waals surface area contributed by atoms with Gasteiger partial charge in [-0.3, -0.25) is 4.21 Å². The second kappa shape index (κ2) is 7.18. The Morgan fingerprint density at radius 3 is 2.82 bits per heavy atom. The molecule has 0 radical (unpaired) electrons. The summed E-state index contributed by atoms with van der Waals surface area (Å²) in [6, 6.07) is 5.99. The lowest BCUT2D eigenvalue weighted by atomic mass is 10.1. The Labute approximate surface area is 104 Å². The Balaban J connectivity index is 2.64. The zero-order valence-electron chi connectivity index (χ0n) is 9.91. The van der Waals surface area contributed by atoms with Crippen molar-refractivity contribution in [3.05, 3.63) is 35.1 Å². The van der Waals surface area contributed by atoms with Gasteiger partial charge in [0.15, 0.2) is 0 Å². The van der Waals surface area contributed by atoms with E-state index >= 15 is 0 Å². The molecule has 1 aromatic carbocycles. The molecular formula is C13H16FNOS. The summed E-state index contributed by atoms with van der Waals surface area (Å²) >= 11 is 0. The van der Waals surface area contributed by atoms with Gasteiger partial charge in [0, 0.05) is 22.3 Å². The van der Waals surface area contributed by atoms with Crippen molar-refractivity contribution < 1.29 is 8.60 Å². The van der Waals surface area contributed by atoms with Gasteiger partial charge < -0.3 is 0 Å². The Hall–Kier alpha value is -1.21. The van der Waals surface area contributed by atoms with E-state index in [1.54, 1.807) is 0 Å². The van der Waals surface area contributed by atoms with E-state index in [0.29, 0.717) is 16.9 Å². The van der Waals surface area contributed by atoms with Crippen LogP contribution in [0.5, 0.6) is 0 Å². The number of unbranched alkanes of at least 4 members (excludes halogenated alkanes) is 2. The molecule has 0 saturated heterocycles. The van der Waals surface area contributed by atoms with Crippen molar-refractivity contribution in [2.24, 2.45) is 0 Å². The first kappa shape index (κ1) is 13.9. The van der Waals surface area contributed by atoms with Gasteiger partial charge in [0.1, 0.15) is 5.82 Å².